The van der Waals surface area contributed by atoms with Crippen molar-refractivity contribution < 1.29 is 4.79 Å². The molecule has 0 aliphatic carbocycles. The zero-order valence-corrected chi connectivity index (χ0v) is 15.7. The van der Waals surface area contributed by atoms with Gasteiger partial charge in [-0.05, 0) is 47.5 Å². The molecule has 0 atom stereocenters. The summed E-state index contributed by atoms with van der Waals surface area (Å²) in [6, 6.07) is 5.24. The lowest BCUT2D eigenvalue weighted by molar-refractivity contribution is 0.0990. The molecule has 21 heavy (non-hydrogen) atoms. The molecule has 0 bridgehead atoms. The molecule has 3 nitrogen and oxygen atoms in total. The highest BCUT2D eigenvalue weighted by atomic mass is 79.9. The molecule has 0 spiro atoms. The Morgan fingerprint density at radius 2 is 2.00 bits per heavy atom. The Hall–Kier alpha value is -0.650. The van der Waals surface area contributed by atoms with Gasteiger partial charge in [-0.1, -0.05) is 34.5 Å². The normalized spacial score (nSPS) is 10.9. The van der Waals surface area contributed by atoms with Crippen molar-refractivity contribution in [3.63, 3.8) is 0 Å². The highest BCUT2D eigenvalue weighted by Gasteiger charge is 2.18. The summed E-state index contributed by atoms with van der Waals surface area (Å²) in [6.45, 7) is 4.80. The van der Waals surface area contributed by atoms with Crippen LogP contribution in [0.4, 0.5) is 0 Å². The maximum atomic E-state index is 12.5. The molecule has 0 radical (unpaired) electrons. The molecule has 0 aliphatic rings. The third-order valence-corrected chi connectivity index (χ3v) is 4.80. The third kappa shape index (κ3) is 3.76. The minimum absolute atomic E-state index is 0.0242. The highest BCUT2D eigenvalue weighted by Crippen LogP contribution is 2.25. The molecule has 0 fully saturated rings. The number of aromatic nitrogens is 2. The molecule has 0 aliphatic heterocycles. The van der Waals surface area contributed by atoms with Crippen molar-refractivity contribution in [2.24, 2.45) is 0 Å². The van der Waals surface area contributed by atoms with Crippen LogP contribution in [0.15, 0.2) is 27.1 Å². The van der Waals surface area contributed by atoms with Crippen molar-refractivity contribution >= 4 is 49.2 Å². The van der Waals surface area contributed by atoms with E-state index in [1.54, 1.807) is 18.2 Å². The van der Waals surface area contributed by atoms with Crippen molar-refractivity contribution in [1.82, 2.24) is 9.78 Å². The lowest BCUT2D eigenvalue weighted by Crippen LogP contribution is -2.10. The number of halogens is 3. The van der Waals surface area contributed by atoms with Crippen LogP contribution in [-0.4, -0.2) is 15.6 Å². The van der Waals surface area contributed by atoms with E-state index >= 15 is 0 Å². The fourth-order valence-electron chi connectivity index (χ4n) is 2.16. The van der Waals surface area contributed by atoms with E-state index in [1.165, 1.54) is 0 Å². The first-order valence-electron chi connectivity index (χ1n) is 6.69. The quantitative estimate of drug-likeness (QED) is 0.616. The molecular formula is C15H15Br2ClN2O. The average Bonchev–Trinajstić information content (AvgIpc) is 2.74. The van der Waals surface area contributed by atoms with Gasteiger partial charge in [0, 0.05) is 21.6 Å². The predicted octanol–water partition coefficient (Wildman–Crippen LogP) is 5.07. The number of hydrogen-bond donors (Lipinski definition) is 0. The molecule has 1 heterocycles. The number of nitrogens with zero attached hydrogens (tertiary/aromatic N) is 2. The maximum absolute atomic E-state index is 12.5. The van der Waals surface area contributed by atoms with Crippen LogP contribution in [-0.2, 0) is 19.4 Å². The van der Waals surface area contributed by atoms with E-state index in [0.29, 0.717) is 17.0 Å². The van der Waals surface area contributed by atoms with Crippen LogP contribution in [0.25, 0.3) is 0 Å². The minimum Gasteiger partial charge on any atom is -0.294 e. The van der Waals surface area contributed by atoms with Gasteiger partial charge in [0.1, 0.15) is 0 Å². The van der Waals surface area contributed by atoms with Gasteiger partial charge in [0.25, 0.3) is 0 Å². The molecule has 0 saturated carbocycles. The topological polar surface area (TPSA) is 34.9 Å². The van der Waals surface area contributed by atoms with Crippen LogP contribution < -0.4 is 0 Å². The summed E-state index contributed by atoms with van der Waals surface area (Å²) in [4.78, 5) is 12.5. The second-order valence-electron chi connectivity index (χ2n) is 4.63. The summed E-state index contributed by atoms with van der Waals surface area (Å²) in [5.74, 6) is 0.0242. The third-order valence-electron chi connectivity index (χ3n) is 3.21. The van der Waals surface area contributed by atoms with E-state index in [2.05, 4.69) is 37.0 Å². The Morgan fingerprint density at radius 3 is 2.57 bits per heavy atom. The van der Waals surface area contributed by atoms with Crippen LogP contribution in [0, 0.1) is 0 Å². The van der Waals surface area contributed by atoms with E-state index < -0.39 is 0 Å². The summed E-state index contributed by atoms with van der Waals surface area (Å²) >= 11 is 12.9. The Kier molecular flexibility index (Phi) is 5.63. The van der Waals surface area contributed by atoms with Gasteiger partial charge < -0.3 is 0 Å². The van der Waals surface area contributed by atoms with Crippen molar-refractivity contribution in [2.75, 3.05) is 0 Å². The zero-order valence-electron chi connectivity index (χ0n) is 11.8. The van der Waals surface area contributed by atoms with Crippen molar-refractivity contribution in [2.45, 2.75) is 33.2 Å². The van der Waals surface area contributed by atoms with Crippen molar-refractivity contribution in [3.8, 4) is 0 Å². The van der Waals surface area contributed by atoms with Gasteiger partial charge in [0.15, 0.2) is 5.78 Å². The van der Waals surface area contributed by atoms with Gasteiger partial charge >= 0.3 is 0 Å². The Morgan fingerprint density at radius 1 is 1.29 bits per heavy atom. The van der Waals surface area contributed by atoms with Gasteiger partial charge in [-0.25, -0.2) is 0 Å². The van der Waals surface area contributed by atoms with E-state index in [-0.39, 0.29) is 5.78 Å². The Balaban J connectivity index is 2.33. The standard InChI is InChI=1S/C15H15Br2ClN2O/c1-3-12-15(17)13(20(4-2)19-12)8-14(21)9-5-10(16)7-11(18)6-9/h5-7H,3-4,8H2,1-2H3. The number of benzene rings is 1. The average molecular weight is 435 g/mol. The van der Waals surface area contributed by atoms with Crippen LogP contribution >= 0.6 is 43.5 Å². The summed E-state index contributed by atoms with van der Waals surface area (Å²) in [5.41, 5.74) is 2.49. The molecule has 0 unspecified atom stereocenters. The maximum Gasteiger partial charge on any atom is 0.168 e. The SMILES string of the molecule is CCc1nn(CC)c(CC(=O)c2cc(Cl)cc(Br)c2)c1Br. The fourth-order valence-corrected chi connectivity index (χ4v) is 3.72. The van der Waals surface area contributed by atoms with E-state index in [4.69, 9.17) is 11.6 Å². The molecule has 1 aromatic carbocycles. The molecule has 112 valence electrons. The smallest absolute Gasteiger partial charge is 0.168 e. The second kappa shape index (κ2) is 7.07. The van der Waals surface area contributed by atoms with Crippen molar-refractivity contribution in [1.29, 1.82) is 0 Å². The summed E-state index contributed by atoms with van der Waals surface area (Å²) < 4.78 is 3.61. The monoisotopic (exact) mass is 432 g/mol. The number of ketones is 1. The Bertz CT molecular complexity index is 662. The molecule has 2 rings (SSSR count). The first kappa shape index (κ1) is 16.7. The van der Waals surface area contributed by atoms with Crippen LogP contribution in [0.5, 0.6) is 0 Å². The molecule has 6 heteroatoms. The van der Waals surface area contributed by atoms with Crippen LogP contribution in [0.3, 0.4) is 0 Å². The van der Waals surface area contributed by atoms with Gasteiger partial charge in [-0.2, -0.15) is 5.10 Å². The number of rotatable bonds is 5. The van der Waals surface area contributed by atoms with E-state index in [9.17, 15) is 4.79 Å². The largest absolute Gasteiger partial charge is 0.294 e. The number of Topliss-reactive ketones (excluding diaryl/α,β-unsaturated/α-hetero) is 1. The minimum atomic E-state index is 0.0242. The first-order valence-corrected chi connectivity index (χ1v) is 8.66. The van der Waals surface area contributed by atoms with E-state index in [1.807, 2.05) is 18.5 Å². The molecule has 0 N–H and O–H groups in total. The molecular weight excluding hydrogens is 419 g/mol. The second-order valence-corrected chi connectivity index (χ2v) is 6.78. The van der Waals surface area contributed by atoms with Gasteiger partial charge in [0.05, 0.1) is 22.3 Å². The molecule has 1 aromatic heterocycles. The predicted molar refractivity (Wildman–Crippen MR) is 92.2 cm³/mol. The summed E-state index contributed by atoms with van der Waals surface area (Å²) in [7, 11) is 0. The van der Waals surface area contributed by atoms with Gasteiger partial charge in [-0.3, -0.25) is 9.48 Å². The van der Waals surface area contributed by atoms with Gasteiger partial charge in [-0.15, -0.1) is 0 Å². The number of carbonyl (C=O) groups excluding carboxylic acids is 1. The number of hydrogen-bond acceptors (Lipinski definition) is 2. The lowest BCUT2D eigenvalue weighted by atomic mass is 10.1. The van der Waals surface area contributed by atoms with Crippen molar-refractivity contribution in [3.05, 3.63) is 49.1 Å². The molecule has 2 aromatic rings. The van der Waals surface area contributed by atoms with E-state index in [0.717, 1.165) is 33.3 Å². The first-order chi connectivity index (χ1) is 9.96. The van der Waals surface area contributed by atoms with Crippen LogP contribution in [0.1, 0.15) is 35.6 Å². The Labute approximate surface area is 145 Å². The number of aryl methyl sites for hydroxylation is 2. The molecule has 0 amide bonds. The fraction of sp³-hybridized carbons (Fsp3) is 0.333. The lowest BCUT2D eigenvalue weighted by Gasteiger charge is -2.06. The highest BCUT2D eigenvalue weighted by molar-refractivity contribution is 9.10. The summed E-state index contributed by atoms with van der Waals surface area (Å²) in [6.07, 6.45) is 1.13. The number of carbonyl (C=O) groups is 1. The van der Waals surface area contributed by atoms with Gasteiger partial charge in [0.2, 0.25) is 0 Å². The zero-order chi connectivity index (χ0) is 15.6. The summed E-state index contributed by atoms with van der Waals surface area (Å²) in [5, 5.41) is 5.06. The van der Waals surface area contributed by atoms with Crippen LogP contribution in [0.2, 0.25) is 5.02 Å². The molecule has 0 saturated heterocycles.